The number of carbonyl (C=O) groups excluding carboxylic acids is 3. The molecule has 3 amide bonds. The molecule has 0 bridgehead atoms. The van der Waals surface area contributed by atoms with E-state index in [0.717, 1.165) is 38.1 Å². The summed E-state index contributed by atoms with van der Waals surface area (Å²) in [6, 6.07) is 38.0. The average molecular weight is 669 g/mol. The Morgan fingerprint density at radius 2 is 1.54 bits per heavy atom. The summed E-state index contributed by atoms with van der Waals surface area (Å²) in [7, 11) is 0. The molecular weight excluding hydrogens is 637 g/mol. The van der Waals surface area contributed by atoms with Crippen molar-refractivity contribution in [2.24, 2.45) is 0 Å². The minimum Gasteiger partial charge on any atom is -0.321 e. The van der Waals surface area contributed by atoms with Gasteiger partial charge in [0.1, 0.15) is 5.70 Å². The van der Waals surface area contributed by atoms with Crippen molar-refractivity contribution in [1.82, 2.24) is 10.3 Å². The number of aromatic nitrogens is 1. The maximum atomic E-state index is 13.5. The van der Waals surface area contributed by atoms with E-state index in [4.69, 9.17) is 0 Å². The van der Waals surface area contributed by atoms with Gasteiger partial charge in [0.2, 0.25) is 5.91 Å². The zero-order valence-electron chi connectivity index (χ0n) is 26.3. The van der Waals surface area contributed by atoms with Gasteiger partial charge in [0.25, 0.3) is 11.8 Å². The second kappa shape index (κ2) is 14.9. The third kappa shape index (κ3) is 8.25. The van der Waals surface area contributed by atoms with Crippen LogP contribution in [0.4, 0.5) is 10.8 Å². The van der Waals surface area contributed by atoms with Gasteiger partial charge in [0.05, 0.1) is 10.9 Å². The molecule has 6 rings (SSSR count). The summed E-state index contributed by atoms with van der Waals surface area (Å²) in [6.07, 6.45) is 1.64. The van der Waals surface area contributed by atoms with E-state index < -0.39 is 17.1 Å². The molecule has 1 atom stereocenters. The highest BCUT2D eigenvalue weighted by Gasteiger charge is 2.18. The first-order valence-electron chi connectivity index (χ1n) is 15.3. The van der Waals surface area contributed by atoms with Crippen LogP contribution < -0.4 is 16.0 Å². The second-order valence-electron chi connectivity index (χ2n) is 11.1. The van der Waals surface area contributed by atoms with Crippen molar-refractivity contribution in [3.8, 4) is 11.3 Å². The Balaban J connectivity index is 1.11. The molecule has 0 radical (unpaired) electrons. The number of anilines is 2. The van der Waals surface area contributed by atoms with Gasteiger partial charge in [0, 0.05) is 27.1 Å². The molecule has 7 nitrogen and oxygen atoms in total. The normalized spacial score (nSPS) is 11.9. The molecule has 1 aromatic heterocycles. The summed E-state index contributed by atoms with van der Waals surface area (Å²) in [5, 5.41) is 12.9. The Morgan fingerprint density at radius 1 is 0.792 bits per heavy atom. The fraction of sp³-hybridized carbons (Fsp3) is 0.0769. The molecule has 0 saturated carbocycles. The zero-order chi connectivity index (χ0) is 33.5. The molecule has 0 saturated heterocycles. The SMILES string of the molecule is Cc1ccc(/C=C(\NC(=O)c2ccccc2)C(=O)Nc2cccc(SC(C)C(=O)Nc3nc(-c4ccc5ccccc5c4)cs3)c2)cc1. The Labute approximate surface area is 287 Å². The van der Waals surface area contributed by atoms with E-state index in [0.29, 0.717) is 16.4 Å². The summed E-state index contributed by atoms with van der Waals surface area (Å²) in [6.45, 7) is 3.81. The van der Waals surface area contributed by atoms with E-state index >= 15 is 0 Å². The number of thiazole rings is 1. The lowest BCUT2D eigenvalue weighted by Gasteiger charge is -2.14. The summed E-state index contributed by atoms with van der Waals surface area (Å²) in [5.41, 5.74) is 4.72. The predicted octanol–water partition coefficient (Wildman–Crippen LogP) is 8.80. The monoisotopic (exact) mass is 668 g/mol. The number of carbonyl (C=O) groups is 3. The molecule has 5 aromatic carbocycles. The van der Waals surface area contributed by atoms with Crippen LogP contribution in [0.2, 0.25) is 0 Å². The summed E-state index contributed by atoms with van der Waals surface area (Å²) >= 11 is 2.75. The largest absolute Gasteiger partial charge is 0.321 e. The van der Waals surface area contributed by atoms with Gasteiger partial charge in [-0.05, 0) is 72.7 Å². The third-order valence-corrected chi connectivity index (χ3v) is 9.32. The van der Waals surface area contributed by atoms with Crippen LogP contribution in [-0.2, 0) is 9.59 Å². The van der Waals surface area contributed by atoms with Crippen molar-refractivity contribution in [2.75, 3.05) is 10.6 Å². The number of hydrogen-bond donors (Lipinski definition) is 3. The van der Waals surface area contributed by atoms with E-state index in [2.05, 4.69) is 45.2 Å². The third-order valence-electron chi connectivity index (χ3n) is 7.47. The van der Waals surface area contributed by atoms with E-state index in [1.807, 2.05) is 79.9 Å². The maximum absolute atomic E-state index is 13.5. The molecule has 48 heavy (non-hydrogen) atoms. The van der Waals surface area contributed by atoms with Gasteiger partial charge in [-0.15, -0.1) is 23.1 Å². The van der Waals surface area contributed by atoms with Crippen molar-refractivity contribution in [3.63, 3.8) is 0 Å². The number of aryl methyl sites for hydroxylation is 1. The van der Waals surface area contributed by atoms with Gasteiger partial charge in [0.15, 0.2) is 5.13 Å². The maximum Gasteiger partial charge on any atom is 0.272 e. The van der Waals surface area contributed by atoms with Crippen LogP contribution in [0.3, 0.4) is 0 Å². The van der Waals surface area contributed by atoms with Crippen molar-refractivity contribution in [2.45, 2.75) is 24.0 Å². The highest BCUT2D eigenvalue weighted by Crippen LogP contribution is 2.30. The molecular formula is C39H32N4O3S2. The smallest absolute Gasteiger partial charge is 0.272 e. The fourth-order valence-electron chi connectivity index (χ4n) is 4.89. The Hall–Kier alpha value is -5.51. The first-order valence-corrected chi connectivity index (χ1v) is 17.0. The number of fused-ring (bicyclic) bond motifs is 1. The van der Waals surface area contributed by atoms with E-state index in [9.17, 15) is 14.4 Å². The molecule has 9 heteroatoms. The number of nitrogens with zero attached hydrogens (tertiary/aromatic N) is 1. The Morgan fingerprint density at radius 3 is 2.33 bits per heavy atom. The van der Waals surface area contributed by atoms with Crippen LogP contribution in [0.1, 0.15) is 28.4 Å². The molecule has 0 aliphatic heterocycles. The minimum absolute atomic E-state index is 0.102. The fourth-order valence-corrected chi connectivity index (χ4v) is 6.54. The molecule has 3 N–H and O–H groups in total. The molecule has 1 heterocycles. The summed E-state index contributed by atoms with van der Waals surface area (Å²) < 4.78 is 0. The van der Waals surface area contributed by atoms with Crippen LogP contribution in [0.15, 0.2) is 137 Å². The van der Waals surface area contributed by atoms with Crippen LogP contribution in [0, 0.1) is 6.92 Å². The molecule has 0 aliphatic carbocycles. The standard InChI is InChI=1S/C39H32N4O3S2/c1-25-15-17-27(18-16-25)21-34(41-37(45)29-10-4-3-5-11-29)38(46)40-32-13-8-14-33(23-32)48-26(2)36(44)43-39-42-35(24-47-39)31-20-19-28-9-6-7-12-30(28)22-31/h3-24,26H,1-2H3,(H,40,46)(H,41,45)(H,42,43,44)/b34-21-. The van der Waals surface area contributed by atoms with Crippen LogP contribution >= 0.6 is 23.1 Å². The topological polar surface area (TPSA) is 100 Å². The lowest BCUT2D eigenvalue weighted by Crippen LogP contribution is -2.30. The molecule has 6 aromatic rings. The van der Waals surface area contributed by atoms with Crippen LogP contribution in [0.25, 0.3) is 28.1 Å². The molecule has 0 fully saturated rings. The molecule has 0 aliphatic rings. The van der Waals surface area contributed by atoms with Gasteiger partial charge in [-0.25, -0.2) is 4.98 Å². The summed E-state index contributed by atoms with van der Waals surface area (Å²) in [4.78, 5) is 45.0. The van der Waals surface area contributed by atoms with E-state index in [-0.39, 0.29) is 11.6 Å². The van der Waals surface area contributed by atoms with Gasteiger partial charge in [-0.2, -0.15) is 0 Å². The van der Waals surface area contributed by atoms with Gasteiger partial charge < -0.3 is 16.0 Å². The van der Waals surface area contributed by atoms with E-state index in [1.54, 1.807) is 42.5 Å². The van der Waals surface area contributed by atoms with Crippen LogP contribution in [-0.4, -0.2) is 28.0 Å². The minimum atomic E-state index is -0.473. The number of nitrogens with one attached hydrogen (secondary N) is 3. The molecule has 238 valence electrons. The van der Waals surface area contributed by atoms with Gasteiger partial charge in [-0.3, -0.25) is 14.4 Å². The Kier molecular flexibility index (Phi) is 10.1. The van der Waals surface area contributed by atoms with Crippen molar-refractivity contribution in [3.05, 3.63) is 149 Å². The highest BCUT2D eigenvalue weighted by atomic mass is 32.2. The van der Waals surface area contributed by atoms with E-state index in [1.165, 1.54) is 23.1 Å². The van der Waals surface area contributed by atoms with Crippen LogP contribution in [0.5, 0.6) is 0 Å². The number of rotatable bonds is 10. The average Bonchev–Trinajstić information content (AvgIpc) is 3.57. The molecule has 0 spiro atoms. The summed E-state index contributed by atoms with van der Waals surface area (Å²) in [5.74, 6) is -1.04. The van der Waals surface area contributed by atoms with Crippen molar-refractivity contribution in [1.29, 1.82) is 0 Å². The highest BCUT2D eigenvalue weighted by molar-refractivity contribution is 8.00. The second-order valence-corrected chi connectivity index (χ2v) is 13.4. The zero-order valence-corrected chi connectivity index (χ0v) is 27.9. The van der Waals surface area contributed by atoms with Gasteiger partial charge in [-0.1, -0.05) is 90.5 Å². The molecule has 1 unspecified atom stereocenters. The Bertz CT molecular complexity index is 2130. The lowest BCUT2D eigenvalue weighted by atomic mass is 10.1. The first kappa shape index (κ1) is 32.4. The quantitative estimate of drug-likeness (QED) is 0.100. The number of hydrogen-bond acceptors (Lipinski definition) is 6. The first-order chi connectivity index (χ1) is 23.3. The number of amides is 3. The predicted molar refractivity (Wildman–Crippen MR) is 197 cm³/mol. The van der Waals surface area contributed by atoms with Crippen molar-refractivity contribution < 1.29 is 14.4 Å². The van der Waals surface area contributed by atoms with Crippen molar-refractivity contribution >= 4 is 68.5 Å². The number of thioether (sulfide) groups is 1. The lowest BCUT2D eigenvalue weighted by molar-refractivity contribution is -0.115. The number of benzene rings is 5. The van der Waals surface area contributed by atoms with Gasteiger partial charge >= 0.3 is 0 Å².